The van der Waals surface area contributed by atoms with Crippen molar-refractivity contribution in [3.05, 3.63) is 6.33 Å². The van der Waals surface area contributed by atoms with E-state index in [0.717, 1.165) is 43.7 Å². The van der Waals surface area contributed by atoms with Gasteiger partial charge >= 0.3 is 0 Å². The molecule has 5 nitrogen and oxygen atoms in total. The van der Waals surface area contributed by atoms with Crippen LogP contribution in [0.2, 0.25) is 0 Å². The number of hydrogen-bond acceptors (Lipinski definition) is 5. The van der Waals surface area contributed by atoms with E-state index >= 15 is 0 Å². The maximum Gasteiger partial charge on any atom is 0.191 e. The van der Waals surface area contributed by atoms with Gasteiger partial charge in [-0.05, 0) is 13.3 Å². The zero-order valence-corrected chi connectivity index (χ0v) is 10.7. The normalized spacial score (nSPS) is 10.9. The Morgan fingerprint density at radius 3 is 3.06 bits per heavy atom. The third kappa shape index (κ3) is 4.96. The number of nitrogens with zero attached hydrogens (tertiary/aromatic N) is 3. The van der Waals surface area contributed by atoms with Crippen molar-refractivity contribution < 1.29 is 9.47 Å². The smallest absolute Gasteiger partial charge is 0.191 e. The number of thioether (sulfide) groups is 1. The largest absolute Gasteiger partial charge is 0.385 e. The van der Waals surface area contributed by atoms with Crippen LogP contribution < -0.4 is 0 Å². The number of ether oxygens (including phenoxy) is 2. The summed E-state index contributed by atoms with van der Waals surface area (Å²) < 4.78 is 12.3. The van der Waals surface area contributed by atoms with Crippen LogP contribution in [0, 0.1) is 0 Å². The molecule has 0 aliphatic heterocycles. The van der Waals surface area contributed by atoms with Gasteiger partial charge in [-0.25, -0.2) is 0 Å². The Morgan fingerprint density at radius 2 is 2.31 bits per heavy atom. The molecule has 92 valence electrons. The topological polar surface area (TPSA) is 49.2 Å². The first-order valence-corrected chi connectivity index (χ1v) is 6.44. The Morgan fingerprint density at radius 1 is 1.44 bits per heavy atom. The lowest BCUT2D eigenvalue weighted by Crippen LogP contribution is -2.03. The van der Waals surface area contributed by atoms with Crippen LogP contribution in [0.15, 0.2) is 11.5 Å². The lowest BCUT2D eigenvalue weighted by Gasteiger charge is -2.05. The molecule has 1 aromatic heterocycles. The fourth-order valence-corrected chi connectivity index (χ4v) is 2.02. The second kappa shape index (κ2) is 8.55. The number of hydrogen-bond donors (Lipinski definition) is 0. The molecule has 0 radical (unpaired) electrons. The maximum atomic E-state index is 5.27. The number of rotatable bonds is 9. The van der Waals surface area contributed by atoms with Gasteiger partial charge in [0.1, 0.15) is 6.33 Å². The standard InChI is InChI=1S/C10H19N3O2S/c1-3-15-7-8-16-10-12-11-9-13(10)5-4-6-14-2/h9H,3-8H2,1-2H3. The van der Waals surface area contributed by atoms with E-state index in [4.69, 9.17) is 9.47 Å². The molecule has 0 fully saturated rings. The van der Waals surface area contributed by atoms with Gasteiger partial charge in [-0.15, -0.1) is 10.2 Å². The maximum absolute atomic E-state index is 5.27. The number of aromatic nitrogens is 3. The molecule has 1 rings (SSSR count). The summed E-state index contributed by atoms with van der Waals surface area (Å²) >= 11 is 1.68. The Bertz CT molecular complexity index is 281. The van der Waals surface area contributed by atoms with Crippen molar-refractivity contribution in [2.24, 2.45) is 0 Å². The highest BCUT2D eigenvalue weighted by atomic mass is 32.2. The summed E-state index contributed by atoms with van der Waals surface area (Å²) in [6.45, 7) is 5.18. The average Bonchev–Trinajstić information content (AvgIpc) is 2.73. The number of methoxy groups -OCH3 is 1. The predicted molar refractivity (Wildman–Crippen MR) is 63.7 cm³/mol. The van der Waals surface area contributed by atoms with Crippen molar-refractivity contribution in [1.29, 1.82) is 0 Å². The Labute approximate surface area is 101 Å². The van der Waals surface area contributed by atoms with Crippen molar-refractivity contribution in [1.82, 2.24) is 14.8 Å². The first-order valence-electron chi connectivity index (χ1n) is 5.45. The quantitative estimate of drug-likeness (QED) is 0.487. The third-order valence-electron chi connectivity index (χ3n) is 1.99. The predicted octanol–water partition coefficient (Wildman–Crippen LogP) is 1.44. The monoisotopic (exact) mass is 245 g/mol. The highest BCUT2D eigenvalue weighted by molar-refractivity contribution is 7.99. The van der Waals surface area contributed by atoms with Crippen molar-refractivity contribution in [2.45, 2.75) is 25.0 Å². The van der Waals surface area contributed by atoms with Crippen LogP contribution in [0.3, 0.4) is 0 Å². The lowest BCUT2D eigenvalue weighted by atomic mass is 10.4. The molecule has 0 atom stereocenters. The molecule has 0 spiro atoms. The molecule has 1 aromatic rings. The molecule has 0 amide bonds. The summed E-state index contributed by atoms with van der Waals surface area (Å²) in [6, 6.07) is 0. The summed E-state index contributed by atoms with van der Waals surface area (Å²) in [7, 11) is 1.71. The van der Waals surface area contributed by atoms with Crippen LogP contribution in [-0.4, -0.2) is 47.4 Å². The van der Waals surface area contributed by atoms with Gasteiger partial charge in [0.25, 0.3) is 0 Å². The molecule has 1 heterocycles. The Balaban J connectivity index is 2.26. The minimum Gasteiger partial charge on any atom is -0.385 e. The van der Waals surface area contributed by atoms with E-state index < -0.39 is 0 Å². The second-order valence-electron chi connectivity index (χ2n) is 3.20. The molecule has 0 aromatic carbocycles. The zero-order chi connectivity index (χ0) is 11.6. The summed E-state index contributed by atoms with van der Waals surface area (Å²) in [5, 5.41) is 8.94. The number of aryl methyl sites for hydroxylation is 1. The van der Waals surface area contributed by atoms with Gasteiger partial charge in [0.15, 0.2) is 5.16 Å². The lowest BCUT2D eigenvalue weighted by molar-refractivity contribution is 0.164. The van der Waals surface area contributed by atoms with Crippen molar-refractivity contribution in [2.75, 3.05) is 32.7 Å². The van der Waals surface area contributed by atoms with Gasteiger partial charge in [0.05, 0.1) is 6.61 Å². The Kier molecular flexibility index (Phi) is 7.20. The van der Waals surface area contributed by atoms with E-state index in [1.54, 1.807) is 25.2 Å². The molecule has 0 unspecified atom stereocenters. The first-order chi connectivity index (χ1) is 7.88. The summed E-state index contributed by atoms with van der Waals surface area (Å²) in [6.07, 6.45) is 2.74. The molecule has 0 saturated carbocycles. The molecule has 16 heavy (non-hydrogen) atoms. The van der Waals surface area contributed by atoms with Crippen molar-refractivity contribution in [3.63, 3.8) is 0 Å². The average molecular weight is 245 g/mol. The summed E-state index contributed by atoms with van der Waals surface area (Å²) in [5.74, 6) is 0.914. The van der Waals surface area contributed by atoms with Crippen LogP contribution in [0.5, 0.6) is 0 Å². The first kappa shape index (κ1) is 13.5. The molecule has 0 saturated heterocycles. The fourth-order valence-electron chi connectivity index (χ4n) is 1.22. The molecule has 6 heteroatoms. The van der Waals surface area contributed by atoms with E-state index in [1.165, 1.54) is 0 Å². The molecule has 0 bridgehead atoms. The van der Waals surface area contributed by atoms with Gasteiger partial charge < -0.3 is 14.0 Å². The molecule has 0 aliphatic rings. The van der Waals surface area contributed by atoms with E-state index in [9.17, 15) is 0 Å². The van der Waals surface area contributed by atoms with Gasteiger partial charge in [0, 0.05) is 32.6 Å². The van der Waals surface area contributed by atoms with E-state index in [2.05, 4.69) is 14.8 Å². The minimum absolute atomic E-state index is 0.756. The van der Waals surface area contributed by atoms with Crippen LogP contribution in [-0.2, 0) is 16.0 Å². The summed E-state index contributed by atoms with van der Waals surface area (Å²) in [5.41, 5.74) is 0. The van der Waals surface area contributed by atoms with Crippen molar-refractivity contribution >= 4 is 11.8 Å². The molecular weight excluding hydrogens is 226 g/mol. The van der Waals surface area contributed by atoms with Gasteiger partial charge in [0.2, 0.25) is 0 Å². The van der Waals surface area contributed by atoms with Gasteiger partial charge in [-0.3, -0.25) is 0 Å². The van der Waals surface area contributed by atoms with E-state index in [-0.39, 0.29) is 0 Å². The van der Waals surface area contributed by atoms with E-state index in [0.29, 0.717) is 0 Å². The Hall–Kier alpha value is -0.590. The van der Waals surface area contributed by atoms with Crippen molar-refractivity contribution in [3.8, 4) is 0 Å². The fraction of sp³-hybridized carbons (Fsp3) is 0.800. The van der Waals surface area contributed by atoms with E-state index in [1.807, 2.05) is 6.92 Å². The van der Waals surface area contributed by atoms with Crippen LogP contribution in [0.4, 0.5) is 0 Å². The summed E-state index contributed by atoms with van der Waals surface area (Å²) in [4.78, 5) is 0. The zero-order valence-electron chi connectivity index (χ0n) is 9.89. The van der Waals surface area contributed by atoms with Crippen LogP contribution >= 0.6 is 11.8 Å². The van der Waals surface area contributed by atoms with Gasteiger partial charge in [-0.2, -0.15) is 0 Å². The molecule has 0 N–H and O–H groups in total. The van der Waals surface area contributed by atoms with Crippen LogP contribution in [0.1, 0.15) is 13.3 Å². The molecule has 0 aliphatic carbocycles. The highest BCUT2D eigenvalue weighted by Crippen LogP contribution is 2.14. The SMILES string of the molecule is CCOCCSc1nncn1CCCOC. The third-order valence-corrected chi connectivity index (χ3v) is 2.94. The minimum atomic E-state index is 0.756. The highest BCUT2D eigenvalue weighted by Gasteiger charge is 2.04. The van der Waals surface area contributed by atoms with Gasteiger partial charge in [-0.1, -0.05) is 11.8 Å². The second-order valence-corrected chi connectivity index (χ2v) is 4.26. The molecular formula is C10H19N3O2S. The van der Waals surface area contributed by atoms with Crippen LogP contribution in [0.25, 0.3) is 0 Å².